The van der Waals surface area contributed by atoms with E-state index >= 15 is 4.39 Å². The number of rotatable bonds is 10. The Morgan fingerprint density at radius 3 is 2.56 bits per heavy atom. The van der Waals surface area contributed by atoms with Gasteiger partial charge in [0.25, 0.3) is 5.91 Å². The third-order valence-corrected chi connectivity index (χ3v) is 11.4. The van der Waals surface area contributed by atoms with Crippen LogP contribution in [0.1, 0.15) is 90.3 Å². The zero-order valence-corrected chi connectivity index (χ0v) is 30.8. The van der Waals surface area contributed by atoms with Crippen molar-refractivity contribution in [1.82, 2.24) is 14.9 Å². The van der Waals surface area contributed by atoms with E-state index in [9.17, 15) is 14.7 Å². The summed E-state index contributed by atoms with van der Waals surface area (Å²) in [4.78, 5) is 36.5. The lowest BCUT2D eigenvalue weighted by Crippen LogP contribution is -2.44. The van der Waals surface area contributed by atoms with Gasteiger partial charge in [0.1, 0.15) is 17.6 Å². The average Bonchev–Trinajstić information content (AvgIpc) is 3.99. The Morgan fingerprint density at radius 1 is 1.04 bits per heavy atom. The smallest absolute Gasteiger partial charge is 0.320 e. The van der Waals surface area contributed by atoms with Crippen molar-refractivity contribution in [3.8, 4) is 11.1 Å². The van der Waals surface area contributed by atoms with Crippen LogP contribution >= 0.6 is 23.2 Å². The molecule has 2 aromatic heterocycles. The van der Waals surface area contributed by atoms with E-state index in [1.807, 2.05) is 11.0 Å². The van der Waals surface area contributed by atoms with Gasteiger partial charge >= 0.3 is 5.97 Å². The molecule has 2 atom stereocenters. The normalized spacial score (nSPS) is 19.2. The maximum absolute atomic E-state index is 15.7. The van der Waals surface area contributed by atoms with Crippen molar-refractivity contribution >= 4 is 58.4 Å². The highest BCUT2D eigenvalue weighted by molar-refractivity contribution is 6.39. The van der Waals surface area contributed by atoms with Crippen molar-refractivity contribution in [2.45, 2.75) is 70.9 Å². The Balaban J connectivity index is 1.10. The molecule has 2 aromatic carbocycles. The van der Waals surface area contributed by atoms with E-state index in [1.54, 1.807) is 54.9 Å². The number of hydrogen-bond acceptors (Lipinski definition) is 6. The van der Waals surface area contributed by atoms with E-state index in [4.69, 9.17) is 23.2 Å². The Labute approximate surface area is 313 Å². The minimum absolute atomic E-state index is 0.257. The second-order valence-corrected chi connectivity index (χ2v) is 15.2. The predicted octanol–water partition coefficient (Wildman–Crippen LogP) is 9.73. The quantitative estimate of drug-likeness (QED) is 0.149. The fourth-order valence-corrected chi connectivity index (χ4v) is 7.85. The molecule has 1 aliphatic carbocycles. The zero-order valence-electron chi connectivity index (χ0n) is 29.3. The first kappa shape index (κ1) is 36.1. The average molecular weight is 743 g/mol. The number of pyridine rings is 2. The summed E-state index contributed by atoms with van der Waals surface area (Å²) < 4.78 is 15.7. The van der Waals surface area contributed by atoms with E-state index in [0.29, 0.717) is 63.7 Å². The maximum atomic E-state index is 15.7. The van der Waals surface area contributed by atoms with Gasteiger partial charge in [0.05, 0.1) is 27.1 Å². The van der Waals surface area contributed by atoms with E-state index in [2.05, 4.69) is 34.4 Å². The second kappa shape index (κ2) is 15.3. The molecule has 7 rings (SSSR count). The predicted molar refractivity (Wildman–Crippen MR) is 205 cm³/mol. The number of carboxylic acids is 1. The van der Waals surface area contributed by atoms with Crippen molar-refractivity contribution in [3.63, 3.8) is 0 Å². The molecule has 0 radical (unpaired) electrons. The molecule has 2 aliphatic heterocycles. The van der Waals surface area contributed by atoms with Crippen molar-refractivity contribution in [3.05, 3.63) is 105 Å². The highest BCUT2D eigenvalue weighted by Gasteiger charge is 2.32. The molecular weight excluding hydrogens is 700 g/mol. The summed E-state index contributed by atoms with van der Waals surface area (Å²) in [5, 5.41) is 16.7. The van der Waals surface area contributed by atoms with E-state index < -0.39 is 23.7 Å². The van der Waals surface area contributed by atoms with Gasteiger partial charge in [-0.25, -0.2) is 4.39 Å². The number of hydrogen-bond donors (Lipinski definition) is 3. The molecule has 3 N–H and O–H groups in total. The van der Waals surface area contributed by atoms with Crippen molar-refractivity contribution in [1.29, 1.82) is 0 Å². The zero-order chi connectivity index (χ0) is 36.5. The summed E-state index contributed by atoms with van der Waals surface area (Å²) in [6, 6.07) is 13.7. The van der Waals surface area contributed by atoms with Crippen LogP contribution in [-0.4, -0.2) is 51.0 Å². The number of aromatic nitrogens is 2. The number of fused-ring (bicyclic) bond motifs is 1. The first-order valence-electron chi connectivity index (χ1n) is 18.0. The number of nitrogens with one attached hydrogen (secondary N) is 2. The van der Waals surface area contributed by atoms with E-state index in [-0.39, 0.29) is 10.7 Å². The van der Waals surface area contributed by atoms with Gasteiger partial charge in [0.15, 0.2) is 0 Å². The van der Waals surface area contributed by atoms with Crippen LogP contribution < -0.4 is 10.6 Å². The third-order valence-electron chi connectivity index (χ3n) is 10.6. The first-order chi connectivity index (χ1) is 25.1. The molecule has 270 valence electrons. The molecule has 3 aliphatic rings. The summed E-state index contributed by atoms with van der Waals surface area (Å²) >= 11 is 13.8. The highest BCUT2D eigenvalue weighted by Crippen LogP contribution is 2.43. The minimum Gasteiger partial charge on any atom is -0.480 e. The minimum atomic E-state index is -0.798. The van der Waals surface area contributed by atoms with Crippen LogP contribution in [0, 0.1) is 11.8 Å². The van der Waals surface area contributed by atoms with Gasteiger partial charge in [-0.2, -0.15) is 0 Å². The number of piperidine rings is 1. The molecule has 1 saturated carbocycles. The van der Waals surface area contributed by atoms with Crippen LogP contribution in [0.5, 0.6) is 0 Å². The molecular formula is C41H42Cl2FN5O3. The fraction of sp³-hybridized carbons (Fsp3) is 0.366. The first-order valence-corrected chi connectivity index (χ1v) is 18.8. The van der Waals surface area contributed by atoms with Crippen LogP contribution in [0.4, 0.5) is 15.8 Å². The van der Waals surface area contributed by atoms with Gasteiger partial charge in [0.2, 0.25) is 0 Å². The number of carboxylic acid groups (broad SMARTS) is 1. The standard InChI is InChI=1S/C41H42Cl2FN5O3/c1-23(2)26-16-34-35(45-19-26)17-27(20-46-34)32(44)15-25-7-5-8-29(38(25)42)30-9-6-10-33(39(30)43)48-40(50)36-18-31(24-12-13-24)28(21-47-36)22-49-14-4-3-11-37(49)41(51)52/h5-10,15,17-18,20-21,23-24,26,37,45H,3-4,11-14,16,19,22H2,1-2H3,(H,48,50)(H,51,52)/b32-15-/t26?,37-/m0/s1. The molecule has 0 bridgehead atoms. The maximum Gasteiger partial charge on any atom is 0.320 e. The molecule has 8 nitrogen and oxygen atoms in total. The summed E-state index contributed by atoms with van der Waals surface area (Å²) in [6.07, 6.45) is 10.1. The lowest BCUT2D eigenvalue weighted by atomic mass is 9.88. The lowest BCUT2D eigenvalue weighted by Gasteiger charge is -2.33. The van der Waals surface area contributed by atoms with Crippen LogP contribution in [0.2, 0.25) is 10.0 Å². The second-order valence-electron chi connectivity index (χ2n) is 14.5. The van der Waals surface area contributed by atoms with Crippen LogP contribution in [0.25, 0.3) is 23.0 Å². The fourth-order valence-electron chi connectivity index (χ4n) is 7.29. The number of nitrogens with zero attached hydrogens (tertiary/aromatic N) is 3. The molecule has 1 amide bonds. The summed E-state index contributed by atoms with van der Waals surface area (Å²) in [6.45, 7) is 6.44. The van der Waals surface area contributed by atoms with Gasteiger partial charge in [0, 0.05) is 42.2 Å². The topological polar surface area (TPSA) is 107 Å². The van der Waals surface area contributed by atoms with Crippen molar-refractivity contribution < 1.29 is 19.1 Å². The number of aliphatic carboxylic acids is 1. The van der Waals surface area contributed by atoms with E-state index in [1.165, 1.54) is 6.08 Å². The Hall–Kier alpha value is -4.31. The van der Waals surface area contributed by atoms with Crippen molar-refractivity contribution in [2.75, 3.05) is 23.7 Å². The van der Waals surface area contributed by atoms with Gasteiger partial charge < -0.3 is 15.7 Å². The lowest BCUT2D eigenvalue weighted by molar-refractivity contribution is -0.144. The van der Waals surface area contributed by atoms with Gasteiger partial charge in [-0.3, -0.25) is 24.5 Å². The highest BCUT2D eigenvalue weighted by atomic mass is 35.5. The molecule has 11 heteroatoms. The SMILES string of the molecule is CC(C)C1CNc2cc(/C(F)=C/c3cccc(-c4cccc(NC(=O)c5cc(C6CC6)c(CN6CCCC[C@H]6C(=O)O)cn5)c4Cl)c3Cl)cnc2C1. The molecule has 2 fully saturated rings. The Kier molecular flexibility index (Phi) is 10.6. The number of carbonyl (C=O) groups is 2. The molecule has 4 heterocycles. The van der Waals surface area contributed by atoms with Gasteiger partial charge in [-0.15, -0.1) is 0 Å². The monoisotopic (exact) mass is 741 g/mol. The Bertz CT molecular complexity index is 2050. The number of likely N-dealkylation sites (tertiary alicyclic amines) is 1. The summed E-state index contributed by atoms with van der Waals surface area (Å²) in [5.74, 6) is -0.327. The largest absolute Gasteiger partial charge is 0.480 e. The molecule has 52 heavy (non-hydrogen) atoms. The summed E-state index contributed by atoms with van der Waals surface area (Å²) in [5.41, 5.74) is 6.45. The van der Waals surface area contributed by atoms with Crippen molar-refractivity contribution in [2.24, 2.45) is 11.8 Å². The van der Waals surface area contributed by atoms with Crippen LogP contribution in [-0.2, 0) is 17.8 Å². The molecule has 1 saturated heterocycles. The number of anilines is 2. The van der Waals surface area contributed by atoms with Crippen LogP contribution in [0.3, 0.4) is 0 Å². The summed E-state index contributed by atoms with van der Waals surface area (Å²) in [7, 11) is 0. The van der Waals surface area contributed by atoms with Gasteiger partial charge in [-0.05, 0) is 97.4 Å². The molecule has 0 spiro atoms. The van der Waals surface area contributed by atoms with E-state index in [0.717, 1.165) is 67.7 Å². The Morgan fingerprint density at radius 2 is 1.81 bits per heavy atom. The number of amides is 1. The molecule has 4 aromatic rings. The molecule has 1 unspecified atom stereocenters. The number of benzene rings is 2. The number of carbonyl (C=O) groups excluding carboxylic acids is 1. The number of halogens is 3. The third kappa shape index (κ3) is 7.72. The van der Waals surface area contributed by atoms with Gasteiger partial charge in [-0.1, -0.05) is 73.8 Å². The van der Waals surface area contributed by atoms with Crippen LogP contribution in [0.15, 0.2) is 60.9 Å².